The lowest BCUT2D eigenvalue weighted by molar-refractivity contribution is -0.122. The quantitative estimate of drug-likeness (QED) is 0.537. The van der Waals surface area contributed by atoms with Crippen LogP contribution in [0.25, 0.3) is 0 Å². The second kappa shape index (κ2) is 9.23. The summed E-state index contributed by atoms with van der Waals surface area (Å²) in [5.41, 5.74) is 6.45. The van der Waals surface area contributed by atoms with Gasteiger partial charge in [0.25, 0.3) is 0 Å². The first kappa shape index (κ1) is 17.3. The number of hydrogen-bond acceptors (Lipinski definition) is 4. The Balaban J connectivity index is 2.15. The van der Waals surface area contributed by atoms with Crippen LogP contribution in [0.15, 0.2) is 24.3 Å². The molecule has 0 saturated carbocycles. The van der Waals surface area contributed by atoms with Gasteiger partial charge < -0.3 is 15.8 Å². The highest BCUT2D eigenvalue weighted by atomic mass is 16.5. The number of amides is 1. The number of nitrogen functional groups attached to an aromatic ring is 1. The Morgan fingerprint density at radius 2 is 2.10 bits per heavy atom. The summed E-state index contributed by atoms with van der Waals surface area (Å²) in [6.45, 7) is 6.70. The molecule has 1 aromatic rings. The molecule has 0 radical (unpaired) electrons. The summed E-state index contributed by atoms with van der Waals surface area (Å²) in [6.07, 6.45) is 0.849. The minimum absolute atomic E-state index is 0.0689. The van der Waals surface area contributed by atoms with Crippen LogP contribution in [0.2, 0.25) is 0 Å². The first-order chi connectivity index (χ1) is 9.99. The molecule has 0 aromatic heterocycles. The van der Waals surface area contributed by atoms with Crippen molar-refractivity contribution < 1.29 is 9.53 Å². The molecule has 0 aliphatic rings. The number of likely N-dealkylation sites (N-methyl/N-ethyl adjacent to an activating group) is 1. The second-order valence-corrected chi connectivity index (χ2v) is 5.68. The van der Waals surface area contributed by atoms with Crippen molar-refractivity contribution in [3.8, 4) is 5.75 Å². The van der Waals surface area contributed by atoms with Gasteiger partial charge in [-0.1, -0.05) is 26.0 Å². The van der Waals surface area contributed by atoms with Crippen molar-refractivity contribution in [2.24, 2.45) is 5.92 Å². The Morgan fingerprint density at radius 1 is 1.38 bits per heavy atom. The van der Waals surface area contributed by atoms with Crippen molar-refractivity contribution in [1.82, 2.24) is 10.2 Å². The molecule has 0 saturated heterocycles. The van der Waals surface area contributed by atoms with E-state index in [-0.39, 0.29) is 5.91 Å². The summed E-state index contributed by atoms with van der Waals surface area (Å²) in [7, 11) is 1.94. The monoisotopic (exact) mass is 293 g/mol. The van der Waals surface area contributed by atoms with E-state index in [1.165, 1.54) is 0 Å². The highest BCUT2D eigenvalue weighted by molar-refractivity contribution is 5.77. The molecule has 3 N–H and O–H groups in total. The minimum Gasteiger partial charge on any atom is -0.491 e. The molecule has 0 spiro atoms. The van der Waals surface area contributed by atoms with E-state index in [0.717, 1.165) is 25.3 Å². The Hall–Kier alpha value is -1.75. The maximum Gasteiger partial charge on any atom is 0.234 e. The first-order valence-electron chi connectivity index (χ1n) is 7.41. The minimum atomic E-state index is 0.0689. The maximum atomic E-state index is 11.7. The van der Waals surface area contributed by atoms with Crippen LogP contribution in [0.1, 0.15) is 20.3 Å². The Labute approximate surface area is 127 Å². The van der Waals surface area contributed by atoms with Crippen LogP contribution < -0.4 is 15.8 Å². The van der Waals surface area contributed by atoms with Gasteiger partial charge in [-0.2, -0.15) is 0 Å². The predicted octanol–water partition coefficient (Wildman–Crippen LogP) is 1.74. The van der Waals surface area contributed by atoms with Crippen LogP contribution in [0, 0.1) is 5.92 Å². The molecule has 0 atom stereocenters. The SMILES string of the molecule is CC(C)CNC(=O)CN(C)CCCOc1ccccc1N. The van der Waals surface area contributed by atoms with Gasteiger partial charge in [-0.25, -0.2) is 0 Å². The average molecular weight is 293 g/mol. The zero-order valence-corrected chi connectivity index (χ0v) is 13.3. The number of nitrogens with two attached hydrogens (primary N) is 1. The highest BCUT2D eigenvalue weighted by Gasteiger charge is 2.07. The van der Waals surface area contributed by atoms with E-state index in [9.17, 15) is 4.79 Å². The molecule has 5 nitrogen and oxygen atoms in total. The summed E-state index contributed by atoms with van der Waals surface area (Å²) < 4.78 is 5.62. The van der Waals surface area contributed by atoms with Crippen molar-refractivity contribution >= 4 is 11.6 Å². The fraction of sp³-hybridized carbons (Fsp3) is 0.562. The Kier molecular flexibility index (Phi) is 7.61. The number of nitrogens with one attached hydrogen (secondary N) is 1. The third-order valence-electron chi connectivity index (χ3n) is 2.98. The molecular weight excluding hydrogens is 266 g/mol. The van der Waals surface area contributed by atoms with E-state index in [2.05, 4.69) is 19.2 Å². The number of anilines is 1. The van der Waals surface area contributed by atoms with E-state index in [1.54, 1.807) is 0 Å². The molecule has 21 heavy (non-hydrogen) atoms. The average Bonchev–Trinajstić information content (AvgIpc) is 2.43. The predicted molar refractivity (Wildman–Crippen MR) is 86.3 cm³/mol. The molecule has 0 heterocycles. The number of carbonyl (C=O) groups excluding carboxylic acids is 1. The van der Waals surface area contributed by atoms with Crippen molar-refractivity contribution in [2.75, 3.05) is 39.0 Å². The molecule has 0 bridgehead atoms. The summed E-state index contributed by atoms with van der Waals surface area (Å²) in [6, 6.07) is 7.46. The molecule has 1 rings (SSSR count). The van der Waals surface area contributed by atoms with Crippen LogP contribution in [-0.4, -0.2) is 44.1 Å². The van der Waals surface area contributed by atoms with Crippen LogP contribution in [0.4, 0.5) is 5.69 Å². The molecule has 0 fully saturated rings. The summed E-state index contributed by atoms with van der Waals surface area (Å²) in [4.78, 5) is 13.6. The summed E-state index contributed by atoms with van der Waals surface area (Å²) in [5, 5.41) is 2.91. The number of carbonyl (C=O) groups is 1. The number of ether oxygens (including phenoxy) is 1. The zero-order chi connectivity index (χ0) is 15.7. The molecular formula is C16H27N3O2. The van der Waals surface area contributed by atoms with Crippen LogP contribution in [-0.2, 0) is 4.79 Å². The normalized spacial score (nSPS) is 10.9. The smallest absolute Gasteiger partial charge is 0.234 e. The molecule has 0 aliphatic heterocycles. The second-order valence-electron chi connectivity index (χ2n) is 5.68. The lowest BCUT2D eigenvalue weighted by Gasteiger charge is -2.17. The van der Waals surface area contributed by atoms with Crippen molar-refractivity contribution in [1.29, 1.82) is 0 Å². The van der Waals surface area contributed by atoms with E-state index in [4.69, 9.17) is 10.5 Å². The van der Waals surface area contributed by atoms with Crippen LogP contribution in [0.5, 0.6) is 5.75 Å². The van der Waals surface area contributed by atoms with Crippen molar-refractivity contribution in [3.05, 3.63) is 24.3 Å². The highest BCUT2D eigenvalue weighted by Crippen LogP contribution is 2.19. The molecule has 0 aliphatic carbocycles. The third-order valence-corrected chi connectivity index (χ3v) is 2.98. The fourth-order valence-corrected chi connectivity index (χ4v) is 1.83. The number of rotatable bonds is 9. The summed E-state index contributed by atoms with van der Waals surface area (Å²) in [5.74, 6) is 1.26. The van der Waals surface area contributed by atoms with Gasteiger partial charge in [-0.05, 0) is 31.5 Å². The van der Waals surface area contributed by atoms with Crippen molar-refractivity contribution in [3.63, 3.8) is 0 Å². The number of benzene rings is 1. The number of para-hydroxylation sites is 2. The molecule has 1 amide bonds. The van der Waals surface area contributed by atoms with E-state index in [1.807, 2.05) is 36.2 Å². The summed E-state index contributed by atoms with van der Waals surface area (Å²) >= 11 is 0. The van der Waals surface area contributed by atoms with Crippen LogP contribution in [0.3, 0.4) is 0 Å². The standard InChI is InChI=1S/C16H27N3O2/c1-13(2)11-18-16(20)12-19(3)9-6-10-21-15-8-5-4-7-14(15)17/h4-5,7-8,13H,6,9-12,17H2,1-3H3,(H,18,20). The first-order valence-corrected chi connectivity index (χ1v) is 7.41. The number of nitrogens with zero attached hydrogens (tertiary/aromatic N) is 1. The lowest BCUT2D eigenvalue weighted by atomic mass is 10.2. The van der Waals surface area contributed by atoms with E-state index in [0.29, 0.717) is 24.8 Å². The van der Waals surface area contributed by atoms with Gasteiger partial charge in [0.05, 0.1) is 18.8 Å². The van der Waals surface area contributed by atoms with Gasteiger partial charge in [0.2, 0.25) is 5.91 Å². The molecule has 0 unspecified atom stereocenters. The van der Waals surface area contributed by atoms with E-state index >= 15 is 0 Å². The van der Waals surface area contributed by atoms with Crippen molar-refractivity contribution in [2.45, 2.75) is 20.3 Å². The van der Waals surface area contributed by atoms with Gasteiger partial charge in [-0.3, -0.25) is 9.69 Å². The molecule has 1 aromatic carbocycles. The van der Waals surface area contributed by atoms with Crippen LogP contribution >= 0.6 is 0 Å². The lowest BCUT2D eigenvalue weighted by Crippen LogP contribution is -2.37. The van der Waals surface area contributed by atoms with Gasteiger partial charge in [0, 0.05) is 13.1 Å². The largest absolute Gasteiger partial charge is 0.491 e. The molecule has 118 valence electrons. The molecule has 5 heteroatoms. The number of hydrogen-bond donors (Lipinski definition) is 2. The Morgan fingerprint density at radius 3 is 2.76 bits per heavy atom. The van der Waals surface area contributed by atoms with Gasteiger partial charge in [0.1, 0.15) is 5.75 Å². The topological polar surface area (TPSA) is 67.6 Å². The fourth-order valence-electron chi connectivity index (χ4n) is 1.83. The van der Waals surface area contributed by atoms with Gasteiger partial charge >= 0.3 is 0 Å². The maximum absolute atomic E-state index is 11.7. The third kappa shape index (κ3) is 7.56. The van der Waals surface area contributed by atoms with Gasteiger partial charge in [0.15, 0.2) is 0 Å². The van der Waals surface area contributed by atoms with Gasteiger partial charge in [-0.15, -0.1) is 0 Å². The zero-order valence-electron chi connectivity index (χ0n) is 13.3. The van der Waals surface area contributed by atoms with E-state index < -0.39 is 0 Å². The Bertz CT molecular complexity index is 435.